The minimum absolute atomic E-state index is 0.234. The van der Waals surface area contributed by atoms with Crippen LogP contribution < -0.4 is 10.2 Å². The van der Waals surface area contributed by atoms with Gasteiger partial charge in [-0.3, -0.25) is 10.1 Å². The number of pyridine rings is 1. The summed E-state index contributed by atoms with van der Waals surface area (Å²) in [7, 11) is 3.76. The molecule has 0 radical (unpaired) electrons. The fourth-order valence-corrected chi connectivity index (χ4v) is 2.26. The largest absolute Gasteiger partial charge is 0.481 e. The topological polar surface area (TPSA) is 85.8 Å². The quantitative estimate of drug-likeness (QED) is 0.881. The van der Waals surface area contributed by atoms with Gasteiger partial charge in [-0.2, -0.15) is 0 Å². The van der Waals surface area contributed by atoms with Crippen LogP contribution in [0.15, 0.2) is 18.2 Å². The van der Waals surface area contributed by atoms with Gasteiger partial charge in [0.15, 0.2) is 0 Å². The predicted molar refractivity (Wildman–Crippen MR) is 79.5 cm³/mol. The van der Waals surface area contributed by atoms with Gasteiger partial charge in [0.2, 0.25) is 0 Å². The lowest BCUT2D eigenvalue weighted by Crippen LogP contribution is -2.42. The van der Waals surface area contributed by atoms with Crippen molar-refractivity contribution in [2.75, 3.05) is 37.4 Å². The zero-order valence-corrected chi connectivity index (χ0v) is 12.2. The molecular formula is C14H20N4O3. The molecule has 0 unspecified atom stereocenters. The first-order chi connectivity index (χ1) is 9.97. The highest BCUT2D eigenvalue weighted by atomic mass is 16.4. The summed E-state index contributed by atoms with van der Waals surface area (Å²) in [5, 5.41) is 11.7. The average Bonchev–Trinajstić information content (AvgIpc) is 2.47. The SMILES string of the molecule is CN(C)c1cccc(NC(=O)N2CCC(C(=O)O)CC2)n1. The first-order valence-corrected chi connectivity index (χ1v) is 6.90. The third-order valence-electron chi connectivity index (χ3n) is 3.56. The summed E-state index contributed by atoms with van der Waals surface area (Å²) in [6.45, 7) is 0.909. The Labute approximate surface area is 123 Å². The Hall–Kier alpha value is -2.31. The van der Waals surface area contributed by atoms with Gasteiger partial charge in [0.1, 0.15) is 11.6 Å². The molecule has 1 aliphatic rings. The highest BCUT2D eigenvalue weighted by molar-refractivity contribution is 5.88. The summed E-state index contributed by atoms with van der Waals surface area (Å²) in [5.74, 6) is 0.128. The molecule has 7 nitrogen and oxygen atoms in total. The van der Waals surface area contributed by atoms with E-state index in [-0.39, 0.29) is 11.9 Å². The first-order valence-electron chi connectivity index (χ1n) is 6.90. The molecule has 21 heavy (non-hydrogen) atoms. The van der Waals surface area contributed by atoms with Crippen LogP contribution >= 0.6 is 0 Å². The average molecular weight is 292 g/mol. The molecule has 2 rings (SSSR count). The molecule has 0 spiro atoms. The number of anilines is 2. The van der Waals surface area contributed by atoms with Crippen LogP contribution in [0.3, 0.4) is 0 Å². The summed E-state index contributed by atoms with van der Waals surface area (Å²) < 4.78 is 0. The van der Waals surface area contributed by atoms with Crippen molar-refractivity contribution < 1.29 is 14.7 Å². The van der Waals surface area contributed by atoms with Crippen LogP contribution in [-0.2, 0) is 4.79 Å². The maximum Gasteiger partial charge on any atom is 0.323 e. The van der Waals surface area contributed by atoms with Crippen molar-refractivity contribution in [3.63, 3.8) is 0 Å². The molecule has 2 N–H and O–H groups in total. The van der Waals surface area contributed by atoms with Gasteiger partial charge < -0.3 is 14.9 Å². The van der Waals surface area contributed by atoms with Gasteiger partial charge >= 0.3 is 12.0 Å². The number of hydrogen-bond donors (Lipinski definition) is 2. The number of carboxylic acid groups (broad SMARTS) is 1. The Bertz CT molecular complexity index is 525. The fraction of sp³-hybridized carbons (Fsp3) is 0.500. The number of aliphatic carboxylic acids is 1. The Balaban J connectivity index is 1.93. The normalized spacial score (nSPS) is 15.6. The number of carboxylic acids is 1. The van der Waals surface area contributed by atoms with Crippen molar-refractivity contribution in [2.24, 2.45) is 5.92 Å². The number of rotatable bonds is 3. The molecule has 1 aromatic rings. The molecule has 1 saturated heterocycles. The Morgan fingerprint density at radius 3 is 2.57 bits per heavy atom. The van der Waals surface area contributed by atoms with Gasteiger partial charge in [0.25, 0.3) is 0 Å². The van der Waals surface area contributed by atoms with Crippen LogP contribution in [0.5, 0.6) is 0 Å². The lowest BCUT2D eigenvalue weighted by atomic mass is 9.97. The van der Waals surface area contributed by atoms with Crippen molar-refractivity contribution >= 4 is 23.6 Å². The number of aromatic nitrogens is 1. The van der Waals surface area contributed by atoms with Crippen LogP contribution in [0.25, 0.3) is 0 Å². The molecule has 0 saturated carbocycles. The summed E-state index contributed by atoms with van der Waals surface area (Å²) in [6, 6.07) is 5.18. The van der Waals surface area contributed by atoms with Crippen LogP contribution in [0, 0.1) is 5.92 Å². The van der Waals surface area contributed by atoms with Crippen LogP contribution in [0.1, 0.15) is 12.8 Å². The molecule has 2 amide bonds. The van der Waals surface area contributed by atoms with Gasteiger partial charge in [-0.05, 0) is 25.0 Å². The minimum Gasteiger partial charge on any atom is -0.481 e. The van der Waals surface area contributed by atoms with Crippen molar-refractivity contribution in [1.82, 2.24) is 9.88 Å². The molecule has 114 valence electrons. The second-order valence-electron chi connectivity index (χ2n) is 5.31. The third kappa shape index (κ3) is 3.84. The Kier molecular flexibility index (Phi) is 4.62. The number of nitrogens with zero attached hydrogens (tertiary/aromatic N) is 3. The van der Waals surface area contributed by atoms with Gasteiger partial charge in [-0.25, -0.2) is 9.78 Å². The number of amides is 2. The number of carbonyl (C=O) groups excluding carboxylic acids is 1. The van der Waals surface area contributed by atoms with E-state index in [1.165, 1.54) is 0 Å². The van der Waals surface area contributed by atoms with E-state index < -0.39 is 5.97 Å². The minimum atomic E-state index is -0.782. The molecule has 7 heteroatoms. The maximum absolute atomic E-state index is 12.1. The lowest BCUT2D eigenvalue weighted by Gasteiger charge is -2.30. The van der Waals surface area contributed by atoms with E-state index in [4.69, 9.17) is 5.11 Å². The van der Waals surface area contributed by atoms with E-state index in [9.17, 15) is 9.59 Å². The molecule has 1 aliphatic heterocycles. The second-order valence-corrected chi connectivity index (χ2v) is 5.31. The highest BCUT2D eigenvalue weighted by Gasteiger charge is 2.27. The first kappa shape index (κ1) is 15.1. The van der Waals surface area contributed by atoms with Crippen LogP contribution in [0.2, 0.25) is 0 Å². The molecule has 1 aromatic heterocycles. The van der Waals surface area contributed by atoms with Crippen molar-refractivity contribution in [3.8, 4) is 0 Å². The van der Waals surface area contributed by atoms with Crippen LogP contribution in [0.4, 0.5) is 16.4 Å². The third-order valence-corrected chi connectivity index (χ3v) is 3.56. The van der Waals surface area contributed by atoms with Crippen molar-refractivity contribution in [3.05, 3.63) is 18.2 Å². The molecule has 0 bridgehead atoms. The second kappa shape index (κ2) is 6.43. The van der Waals surface area contributed by atoms with Gasteiger partial charge in [0.05, 0.1) is 5.92 Å². The Morgan fingerprint density at radius 1 is 1.33 bits per heavy atom. The van der Waals surface area contributed by atoms with Gasteiger partial charge in [0, 0.05) is 27.2 Å². The fourth-order valence-electron chi connectivity index (χ4n) is 2.26. The predicted octanol–water partition coefficient (Wildman–Crippen LogP) is 1.48. The van der Waals surface area contributed by atoms with Gasteiger partial charge in [-0.15, -0.1) is 0 Å². The monoisotopic (exact) mass is 292 g/mol. The van der Waals surface area contributed by atoms with E-state index in [0.717, 1.165) is 5.82 Å². The number of piperidine rings is 1. The van der Waals surface area contributed by atoms with Crippen molar-refractivity contribution in [1.29, 1.82) is 0 Å². The van der Waals surface area contributed by atoms with Gasteiger partial charge in [-0.1, -0.05) is 6.07 Å². The maximum atomic E-state index is 12.1. The zero-order chi connectivity index (χ0) is 15.4. The highest BCUT2D eigenvalue weighted by Crippen LogP contribution is 2.18. The lowest BCUT2D eigenvalue weighted by molar-refractivity contribution is -0.143. The number of hydrogen-bond acceptors (Lipinski definition) is 4. The number of nitrogens with one attached hydrogen (secondary N) is 1. The van der Waals surface area contributed by atoms with Crippen LogP contribution in [-0.4, -0.2) is 54.2 Å². The number of carbonyl (C=O) groups is 2. The van der Waals surface area contributed by atoms with E-state index >= 15 is 0 Å². The number of likely N-dealkylation sites (tertiary alicyclic amines) is 1. The molecule has 0 atom stereocenters. The van der Waals surface area contributed by atoms with E-state index in [2.05, 4.69) is 10.3 Å². The van der Waals surface area contributed by atoms with Crippen molar-refractivity contribution in [2.45, 2.75) is 12.8 Å². The summed E-state index contributed by atoms with van der Waals surface area (Å²) >= 11 is 0. The Morgan fingerprint density at radius 2 is 2.00 bits per heavy atom. The smallest absolute Gasteiger partial charge is 0.323 e. The summed E-state index contributed by atoms with van der Waals surface area (Å²) in [6.07, 6.45) is 0.988. The summed E-state index contributed by atoms with van der Waals surface area (Å²) in [5.41, 5.74) is 0. The molecule has 0 aromatic carbocycles. The molecule has 1 fully saturated rings. The number of urea groups is 1. The van der Waals surface area contributed by atoms with E-state index in [1.54, 1.807) is 11.0 Å². The molecule has 0 aliphatic carbocycles. The van der Waals surface area contributed by atoms with E-state index in [1.807, 2.05) is 31.1 Å². The molecule has 2 heterocycles. The summed E-state index contributed by atoms with van der Waals surface area (Å²) in [4.78, 5) is 30.8. The zero-order valence-electron chi connectivity index (χ0n) is 12.2. The standard InChI is InChI=1S/C14H20N4O3/c1-17(2)12-5-3-4-11(15-12)16-14(21)18-8-6-10(7-9-18)13(19)20/h3-5,10H,6-9H2,1-2H3,(H,19,20)(H,15,16,21). The molecular weight excluding hydrogens is 272 g/mol. The van der Waals surface area contributed by atoms with E-state index in [0.29, 0.717) is 31.7 Å².